The van der Waals surface area contributed by atoms with Gasteiger partial charge in [-0.1, -0.05) is 19.1 Å². The topological polar surface area (TPSA) is 21.3 Å². The van der Waals surface area contributed by atoms with Crippen LogP contribution in [0, 0.1) is 11.6 Å². The lowest BCUT2D eigenvalue weighted by molar-refractivity contribution is 0.299. The second-order valence-corrected chi connectivity index (χ2v) is 4.85. The van der Waals surface area contributed by atoms with E-state index < -0.39 is 11.6 Å². The van der Waals surface area contributed by atoms with Gasteiger partial charge in [0.15, 0.2) is 0 Å². The van der Waals surface area contributed by atoms with E-state index in [1.165, 1.54) is 0 Å². The van der Waals surface area contributed by atoms with Crippen LogP contribution >= 0.6 is 0 Å². The molecule has 0 spiro atoms. The molecule has 1 N–H and O–H groups in total. The number of nitrogens with one attached hydrogen (secondary N) is 1. The van der Waals surface area contributed by atoms with Gasteiger partial charge in [-0.25, -0.2) is 8.78 Å². The largest absolute Gasteiger partial charge is 0.489 e. The molecule has 2 nitrogen and oxygen atoms in total. The normalized spacial score (nSPS) is 10.6. The van der Waals surface area contributed by atoms with Gasteiger partial charge < -0.3 is 10.1 Å². The second kappa shape index (κ2) is 7.74. The Morgan fingerprint density at radius 1 is 1.05 bits per heavy atom. The summed E-state index contributed by atoms with van der Waals surface area (Å²) in [4.78, 5) is 0. The molecule has 0 heterocycles. The number of hydrogen-bond acceptors (Lipinski definition) is 2. The predicted octanol–water partition coefficient (Wildman–Crippen LogP) is 4.04. The Morgan fingerprint density at radius 3 is 2.52 bits per heavy atom. The summed E-state index contributed by atoms with van der Waals surface area (Å²) < 4.78 is 32.0. The van der Waals surface area contributed by atoms with Crippen molar-refractivity contribution in [1.29, 1.82) is 0 Å². The highest BCUT2D eigenvalue weighted by molar-refractivity contribution is 5.28. The molecule has 0 aliphatic heterocycles. The minimum atomic E-state index is -0.465. The van der Waals surface area contributed by atoms with Gasteiger partial charge in [0, 0.05) is 12.1 Å². The first-order valence-corrected chi connectivity index (χ1v) is 7.05. The lowest BCUT2D eigenvalue weighted by atomic mass is 10.2. The van der Waals surface area contributed by atoms with Gasteiger partial charge in [-0.05, 0) is 48.9 Å². The maximum absolute atomic E-state index is 13.5. The van der Waals surface area contributed by atoms with Gasteiger partial charge in [0.2, 0.25) is 0 Å². The smallest absolute Gasteiger partial charge is 0.130 e. The minimum Gasteiger partial charge on any atom is -0.489 e. The van der Waals surface area contributed by atoms with Crippen LogP contribution in [-0.2, 0) is 13.2 Å². The Balaban J connectivity index is 1.90. The van der Waals surface area contributed by atoms with Crippen molar-refractivity contribution in [3.8, 4) is 5.75 Å². The first kappa shape index (κ1) is 15.4. The molecule has 0 radical (unpaired) electrons. The fourth-order valence-electron chi connectivity index (χ4n) is 1.93. The summed E-state index contributed by atoms with van der Waals surface area (Å²) in [5, 5.41) is 3.31. The average molecular weight is 291 g/mol. The number of halogens is 2. The van der Waals surface area contributed by atoms with Crippen LogP contribution in [0.15, 0.2) is 42.5 Å². The molecule has 0 amide bonds. The maximum atomic E-state index is 13.5. The van der Waals surface area contributed by atoms with Crippen LogP contribution in [0.4, 0.5) is 8.78 Å². The lowest BCUT2D eigenvalue weighted by Gasteiger charge is -2.09. The molecule has 0 aromatic heterocycles. The van der Waals surface area contributed by atoms with E-state index in [0.29, 0.717) is 5.75 Å². The predicted molar refractivity (Wildman–Crippen MR) is 79.1 cm³/mol. The van der Waals surface area contributed by atoms with E-state index in [-0.39, 0.29) is 12.2 Å². The Labute approximate surface area is 123 Å². The van der Waals surface area contributed by atoms with Crippen LogP contribution in [0.3, 0.4) is 0 Å². The van der Waals surface area contributed by atoms with Gasteiger partial charge >= 0.3 is 0 Å². The van der Waals surface area contributed by atoms with Crippen molar-refractivity contribution in [2.24, 2.45) is 0 Å². The Morgan fingerprint density at radius 2 is 1.81 bits per heavy atom. The molecule has 4 heteroatoms. The van der Waals surface area contributed by atoms with Gasteiger partial charge in [-0.15, -0.1) is 0 Å². The van der Waals surface area contributed by atoms with Crippen molar-refractivity contribution >= 4 is 0 Å². The van der Waals surface area contributed by atoms with Crippen molar-refractivity contribution in [1.82, 2.24) is 5.32 Å². The van der Waals surface area contributed by atoms with E-state index in [9.17, 15) is 8.78 Å². The summed E-state index contributed by atoms with van der Waals surface area (Å²) in [6, 6.07) is 10.9. The summed E-state index contributed by atoms with van der Waals surface area (Å²) >= 11 is 0. The number of benzene rings is 2. The van der Waals surface area contributed by atoms with Crippen LogP contribution in [-0.4, -0.2) is 6.54 Å². The van der Waals surface area contributed by atoms with Gasteiger partial charge in [0.25, 0.3) is 0 Å². The van der Waals surface area contributed by atoms with Crippen molar-refractivity contribution < 1.29 is 13.5 Å². The van der Waals surface area contributed by atoms with Gasteiger partial charge in [-0.2, -0.15) is 0 Å². The van der Waals surface area contributed by atoms with Crippen molar-refractivity contribution in [3.63, 3.8) is 0 Å². The van der Waals surface area contributed by atoms with E-state index >= 15 is 0 Å². The first-order chi connectivity index (χ1) is 10.2. The number of hydrogen-bond donors (Lipinski definition) is 1. The maximum Gasteiger partial charge on any atom is 0.130 e. The molecule has 2 aromatic rings. The van der Waals surface area contributed by atoms with E-state index in [1.54, 1.807) is 0 Å². The average Bonchev–Trinajstić information content (AvgIpc) is 2.50. The number of rotatable bonds is 7. The molecule has 2 aromatic carbocycles. The Kier molecular flexibility index (Phi) is 5.69. The summed E-state index contributed by atoms with van der Waals surface area (Å²) in [6.45, 7) is 3.93. The van der Waals surface area contributed by atoms with Crippen molar-refractivity contribution in [2.75, 3.05) is 6.54 Å². The molecular weight excluding hydrogens is 272 g/mol. The highest BCUT2D eigenvalue weighted by Crippen LogP contribution is 2.16. The zero-order valence-corrected chi connectivity index (χ0v) is 12.0. The second-order valence-electron chi connectivity index (χ2n) is 4.85. The van der Waals surface area contributed by atoms with E-state index in [0.717, 1.165) is 43.3 Å². The molecule has 0 saturated carbocycles. The van der Waals surface area contributed by atoms with E-state index in [2.05, 4.69) is 12.2 Å². The quantitative estimate of drug-likeness (QED) is 0.777. The van der Waals surface area contributed by atoms with E-state index in [1.807, 2.05) is 24.3 Å². The van der Waals surface area contributed by atoms with Gasteiger partial charge in [0.1, 0.15) is 24.0 Å². The summed E-state index contributed by atoms with van der Waals surface area (Å²) in [7, 11) is 0. The molecule has 0 fully saturated rings. The highest BCUT2D eigenvalue weighted by Gasteiger charge is 2.05. The third-order valence-corrected chi connectivity index (χ3v) is 3.08. The molecule has 0 unspecified atom stereocenters. The zero-order valence-electron chi connectivity index (χ0n) is 12.0. The molecule has 0 aliphatic rings. The molecule has 112 valence electrons. The highest BCUT2D eigenvalue weighted by atomic mass is 19.1. The standard InChI is InChI=1S/C17H19F2NO/c1-2-9-20-11-13-3-6-16(7-4-13)21-12-14-10-15(18)5-8-17(14)19/h3-8,10,20H,2,9,11-12H2,1H3. The van der Waals surface area contributed by atoms with E-state index in [4.69, 9.17) is 4.74 Å². The SMILES string of the molecule is CCCNCc1ccc(OCc2cc(F)ccc2F)cc1. The molecular formula is C17H19F2NO. The minimum absolute atomic E-state index is 0.0109. The lowest BCUT2D eigenvalue weighted by Crippen LogP contribution is -2.13. The third kappa shape index (κ3) is 4.83. The fourth-order valence-corrected chi connectivity index (χ4v) is 1.93. The molecule has 2 rings (SSSR count). The molecule has 0 saturated heterocycles. The van der Waals surface area contributed by atoms with Crippen molar-refractivity contribution in [2.45, 2.75) is 26.5 Å². The fraction of sp³-hybridized carbons (Fsp3) is 0.294. The monoisotopic (exact) mass is 291 g/mol. The molecule has 0 bridgehead atoms. The molecule has 0 aliphatic carbocycles. The van der Waals surface area contributed by atoms with Crippen LogP contribution in [0.1, 0.15) is 24.5 Å². The van der Waals surface area contributed by atoms with Gasteiger partial charge in [-0.3, -0.25) is 0 Å². The Hall–Kier alpha value is -1.94. The van der Waals surface area contributed by atoms with Crippen LogP contribution in [0.5, 0.6) is 5.75 Å². The third-order valence-electron chi connectivity index (χ3n) is 3.08. The number of ether oxygens (including phenoxy) is 1. The van der Waals surface area contributed by atoms with Crippen molar-refractivity contribution in [3.05, 3.63) is 65.2 Å². The Bertz CT molecular complexity index is 570. The zero-order chi connectivity index (χ0) is 15.1. The first-order valence-electron chi connectivity index (χ1n) is 7.05. The van der Waals surface area contributed by atoms with Crippen LogP contribution in [0.2, 0.25) is 0 Å². The molecule has 21 heavy (non-hydrogen) atoms. The van der Waals surface area contributed by atoms with Gasteiger partial charge in [0.05, 0.1) is 0 Å². The summed E-state index contributed by atoms with van der Waals surface area (Å²) in [5.41, 5.74) is 1.37. The van der Waals surface area contributed by atoms with Crippen LogP contribution in [0.25, 0.3) is 0 Å². The van der Waals surface area contributed by atoms with Crippen LogP contribution < -0.4 is 10.1 Å². The summed E-state index contributed by atoms with van der Waals surface area (Å²) in [5.74, 6) is -0.290. The summed E-state index contributed by atoms with van der Waals surface area (Å²) in [6.07, 6.45) is 1.10. The molecule has 0 atom stereocenters.